The number of hydrogen-bond acceptors (Lipinski definition) is 3. The van der Waals surface area contributed by atoms with E-state index in [1.807, 2.05) is 13.8 Å². The van der Waals surface area contributed by atoms with Crippen LogP contribution in [-0.2, 0) is 0 Å². The van der Waals surface area contributed by atoms with E-state index in [0.717, 1.165) is 25.0 Å². The largest absolute Gasteiger partial charge is 0.432 e. The van der Waals surface area contributed by atoms with Crippen molar-refractivity contribution in [2.45, 2.75) is 39.3 Å². The lowest BCUT2D eigenvalue weighted by Gasteiger charge is -2.17. The van der Waals surface area contributed by atoms with E-state index in [2.05, 4.69) is 10.1 Å². The fourth-order valence-corrected chi connectivity index (χ4v) is 1.65. The van der Waals surface area contributed by atoms with E-state index >= 15 is 0 Å². The summed E-state index contributed by atoms with van der Waals surface area (Å²) in [5.74, 6) is -1.41. The summed E-state index contributed by atoms with van der Waals surface area (Å²) in [6.45, 7) is 0.890. The lowest BCUT2D eigenvalue weighted by molar-refractivity contribution is -0.0521. The van der Waals surface area contributed by atoms with Gasteiger partial charge in [-0.1, -0.05) is 13.3 Å². The van der Waals surface area contributed by atoms with Crippen molar-refractivity contribution in [1.29, 1.82) is 0 Å². The Morgan fingerprint density at radius 2 is 2.06 bits per heavy atom. The number of rotatable bonds is 6. The Kier molecular flexibility index (Phi) is 5.12. The highest BCUT2D eigenvalue weighted by Crippen LogP contribution is 2.30. The predicted molar refractivity (Wildman–Crippen MR) is 65.4 cm³/mol. The molecule has 0 saturated heterocycles. The van der Waals surface area contributed by atoms with Crippen LogP contribution in [-0.4, -0.2) is 12.7 Å². The van der Waals surface area contributed by atoms with Crippen LogP contribution in [0.3, 0.4) is 0 Å². The number of benzene rings is 1. The molecule has 0 radical (unpaired) electrons. The number of nitrogen functional groups attached to an aromatic ring is 1. The average Bonchev–Trinajstić information content (AvgIpc) is 2.24. The molecule has 0 amide bonds. The number of halogens is 3. The van der Waals surface area contributed by atoms with Gasteiger partial charge >= 0.3 is 6.61 Å². The molecule has 0 aliphatic heterocycles. The average molecular weight is 262 g/mol. The van der Waals surface area contributed by atoms with Gasteiger partial charge in [-0.3, -0.25) is 0 Å². The second-order valence-electron chi connectivity index (χ2n) is 4.08. The summed E-state index contributed by atoms with van der Waals surface area (Å²) in [6, 6.07) is 2.24. The highest BCUT2D eigenvalue weighted by atomic mass is 19.3. The van der Waals surface area contributed by atoms with Crippen molar-refractivity contribution >= 4 is 11.4 Å². The lowest BCUT2D eigenvalue weighted by Crippen LogP contribution is -2.16. The zero-order chi connectivity index (χ0) is 13.7. The van der Waals surface area contributed by atoms with Crippen LogP contribution in [0.4, 0.5) is 24.5 Å². The first kappa shape index (κ1) is 14.5. The summed E-state index contributed by atoms with van der Waals surface area (Å²) in [6.07, 6.45) is 1.86. The topological polar surface area (TPSA) is 47.3 Å². The molecule has 1 rings (SSSR count). The molecule has 1 atom stereocenters. The minimum atomic E-state index is -3.07. The van der Waals surface area contributed by atoms with Crippen LogP contribution in [0.5, 0.6) is 5.75 Å². The maximum Gasteiger partial charge on any atom is 0.387 e. The molecule has 3 N–H and O–H groups in total. The van der Waals surface area contributed by atoms with E-state index < -0.39 is 18.2 Å². The smallest absolute Gasteiger partial charge is 0.387 e. The second kappa shape index (κ2) is 6.37. The Bertz CT molecular complexity index is 399. The molecule has 18 heavy (non-hydrogen) atoms. The Morgan fingerprint density at radius 1 is 1.39 bits per heavy atom. The molecule has 0 fully saturated rings. The van der Waals surface area contributed by atoms with Crippen molar-refractivity contribution in [2.24, 2.45) is 0 Å². The van der Waals surface area contributed by atoms with Crippen LogP contribution in [0.2, 0.25) is 0 Å². The van der Waals surface area contributed by atoms with Gasteiger partial charge in [0.05, 0.1) is 11.4 Å². The first-order valence-electron chi connectivity index (χ1n) is 5.74. The molecule has 102 valence electrons. The zero-order valence-corrected chi connectivity index (χ0v) is 10.3. The number of anilines is 2. The summed E-state index contributed by atoms with van der Waals surface area (Å²) in [7, 11) is 0. The number of alkyl halides is 2. The van der Waals surface area contributed by atoms with E-state index in [0.29, 0.717) is 5.69 Å². The summed E-state index contributed by atoms with van der Waals surface area (Å²) in [4.78, 5) is 0. The van der Waals surface area contributed by atoms with Crippen molar-refractivity contribution in [3.8, 4) is 5.75 Å². The second-order valence-corrected chi connectivity index (χ2v) is 4.08. The van der Waals surface area contributed by atoms with Gasteiger partial charge in [-0.25, -0.2) is 4.39 Å². The van der Waals surface area contributed by atoms with Gasteiger partial charge in [-0.15, -0.1) is 0 Å². The molecule has 3 nitrogen and oxygen atoms in total. The van der Waals surface area contributed by atoms with Crippen LogP contribution >= 0.6 is 0 Å². The minimum absolute atomic E-state index is 0.113. The standard InChI is InChI=1S/C12H17F3N2O/c1-3-4-7(2)17-10-6-11(18-12(14)15)8(13)5-9(10)16/h5-7,12,17H,3-4,16H2,1-2H3. The monoisotopic (exact) mass is 262 g/mol. The molecule has 0 aliphatic carbocycles. The molecule has 0 spiro atoms. The van der Waals surface area contributed by atoms with E-state index in [1.54, 1.807) is 0 Å². The fourth-order valence-electron chi connectivity index (χ4n) is 1.65. The van der Waals surface area contributed by atoms with Crippen molar-refractivity contribution in [1.82, 2.24) is 0 Å². The Labute approximate surface area is 104 Å². The third-order valence-corrected chi connectivity index (χ3v) is 2.44. The van der Waals surface area contributed by atoms with E-state index in [9.17, 15) is 13.2 Å². The highest BCUT2D eigenvalue weighted by molar-refractivity contribution is 5.68. The SMILES string of the molecule is CCCC(C)Nc1cc(OC(F)F)c(F)cc1N. The Balaban J connectivity index is 2.90. The van der Waals surface area contributed by atoms with Crippen molar-refractivity contribution in [3.05, 3.63) is 17.9 Å². The molecule has 0 heterocycles. The maximum absolute atomic E-state index is 13.3. The third-order valence-electron chi connectivity index (χ3n) is 2.44. The van der Waals surface area contributed by atoms with Gasteiger partial charge in [0.1, 0.15) is 0 Å². The first-order valence-corrected chi connectivity index (χ1v) is 5.74. The third kappa shape index (κ3) is 4.01. The summed E-state index contributed by atoms with van der Waals surface area (Å²) < 4.78 is 41.5. The van der Waals surface area contributed by atoms with Crippen LogP contribution in [0, 0.1) is 5.82 Å². The summed E-state index contributed by atoms with van der Waals surface area (Å²) in [5, 5.41) is 3.04. The van der Waals surface area contributed by atoms with Gasteiger partial charge in [0, 0.05) is 18.2 Å². The molecular formula is C12H17F3N2O. The molecular weight excluding hydrogens is 245 g/mol. The first-order chi connectivity index (χ1) is 8.43. The van der Waals surface area contributed by atoms with Gasteiger partial charge in [0.15, 0.2) is 11.6 Å². The molecule has 1 aromatic carbocycles. The van der Waals surface area contributed by atoms with E-state index in [4.69, 9.17) is 5.73 Å². The van der Waals surface area contributed by atoms with Crippen molar-refractivity contribution in [3.63, 3.8) is 0 Å². The highest BCUT2D eigenvalue weighted by Gasteiger charge is 2.14. The number of hydrogen-bond donors (Lipinski definition) is 2. The fraction of sp³-hybridized carbons (Fsp3) is 0.500. The molecule has 1 unspecified atom stereocenters. The quantitative estimate of drug-likeness (QED) is 0.770. The van der Waals surface area contributed by atoms with Crippen LogP contribution in [0.15, 0.2) is 12.1 Å². The summed E-state index contributed by atoms with van der Waals surface area (Å²) >= 11 is 0. The van der Waals surface area contributed by atoms with Gasteiger partial charge in [-0.05, 0) is 13.3 Å². The van der Waals surface area contributed by atoms with Crippen molar-refractivity contribution < 1.29 is 17.9 Å². The van der Waals surface area contributed by atoms with Gasteiger partial charge in [0.2, 0.25) is 0 Å². The normalized spacial score (nSPS) is 12.6. The molecule has 0 saturated carbocycles. The van der Waals surface area contributed by atoms with E-state index in [1.165, 1.54) is 0 Å². The van der Waals surface area contributed by atoms with Gasteiger partial charge < -0.3 is 15.8 Å². The lowest BCUT2D eigenvalue weighted by atomic mass is 10.1. The van der Waals surface area contributed by atoms with Gasteiger partial charge in [0.25, 0.3) is 0 Å². The number of nitrogens with one attached hydrogen (secondary N) is 1. The molecule has 0 bridgehead atoms. The molecule has 1 aromatic rings. The molecule has 0 aromatic heterocycles. The van der Waals surface area contributed by atoms with Crippen LogP contribution < -0.4 is 15.8 Å². The van der Waals surface area contributed by atoms with Crippen LogP contribution in [0.1, 0.15) is 26.7 Å². The number of ether oxygens (including phenoxy) is 1. The van der Waals surface area contributed by atoms with Crippen molar-refractivity contribution in [2.75, 3.05) is 11.1 Å². The molecule has 6 heteroatoms. The predicted octanol–water partition coefficient (Wildman–Crippen LogP) is 3.61. The molecule has 0 aliphatic rings. The summed E-state index contributed by atoms with van der Waals surface area (Å²) in [5.41, 5.74) is 6.18. The van der Waals surface area contributed by atoms with Gasteiger partial charge in [-0.2, -0.15) is 8.78 Å². The zero-order valence-electron chi connectivity index (χ0n) is 10.3. The maximum atomic E-state index is 13.3. The number of nitrogens with two attached hydrogens (primary N) is 1. The van der Waals surface area contributed by atoms with Crippen LogP contribution in [0.25, 0.3) is 0 Å². The Hall–Kier alpha value is -1.59. The minimum Gasteiger partial charge on any atom is -0.432 e. The van der Waals surface area contributed by atoms with E-state index in [-0.39, 0.29) is 11.7 Å². The Morgan fingerprint density at radius 3 is 2.61 bits per heavy atom.